The lowest BCUT2D eigenvalue weighted by Crippen LogP contribution is -2.23. The highest BCUT2D eigenvalue weighted by Crippen LogP contribution is 2.17. The molecule has 0 saturated carbocycles. The first-order chi connectivity index (χ1) is 7.00. The number of aromatic nitrogens is 1. The van der Waals surface area contributed by atoms with E-state index in [2.05, 4.69) is 26.2 Å². The van der Waals surface area contributed by atoms with Gasteiger partial charge in [0.15, 0.2) is 0 Å². The molecule has 0 aliphatic rings. The molecule has 0 bridgehead atoms. The Kier molecular flexibility index (Phi) is 3.62. The number of anilines is 1. The Morgan fingerprint density at radius 3 is 2.80 bits per heavy atom. The van der Waals surface area contributed by atoms with E-state index in [4.69, 9.17) is 10.8 Å². The van der Waals surface area contributed by atoms with Gasteiger partial charge in [-0.2, -0.15) is 0 Å². The van der Waals surface area contributed by atoms with Crippen LogP contribution in [-0.2, 0) is 4.79 Å². The predicted octanol–water partition coefficient (Wildman–Crippen LogP) is 0.439. The quantitative estimate of drug-likeness (QED) is 0.738. The van der Waals surface area contributed by atoms with E-state index in [1.807, 2.05) is 0 Å². The maximum absolute atomic E-state index is 10.8. The Morgan fingerprint density at radius 2 is 2.27 bits per heavy atom. The van der Waals surface area contributed by atoms with Crippen LogP contribution in [0.1, 0.15) is 10.4 Å². The Bertz CT molecular complexity index is 408. The maximum atomic E-state index is 10.8. The molecule has 0 atom stereocenters. The molecule has 0 spiro atoms. The van der Waals surface area contributed by atoms with Gasteiger partial charge in [-0.25, -0.2) is 9.78 Å². The maximum Gasteiger partial charge on any atom is 0.339 e. The normalized spacial score (nSPS) is 9.67. The summed E-state index contributed by atoms with van der Waals surface area (Å²) < 4.78 is 0.546. The Hall–Kier alpha value is -1.63. The largest absolute Gasteiger partial charge is 0.478 e. The summed E-state index contributed by atoms with van der Waals surface area (Å²) in [7, 11) is 0. The van der Waals surface area contributed by atoms with Crippen molar-refractivity contribution in [2.45, 2.75) is 0 Å². The Balaban J connectivity index is 2.95. The molecule has 0 saturated heterocycles. The molecule has 1 aromatic rings. The molecule has 0 unspecified atom stereocenters. The summed E-state index contributed by atoms with van der Waals surface area (Å²) in [5.41, 5.74) is 4.89. The van der Waals surface area contributed by atoms with E-state index in [1.165, 1.54) is 12.3 Å². The van der Waals surface area contributed by atoms with Crippen LogP contribution in [0.2, 0.25) is 0 Å². The molecule has 80 valence electrons. The smallest absolute Gasteiger partial charge is 0.339 e. The van der Waals surface area contributed by atoms with Crippen molar-refractivity contribution in [1.82, 2.24) is 4.98 Å². The van der Waals surface area contributed by atoms with Gasteiger partial charge in [-0.15, -0.1) is 0 Å². The van der Waals surface area contributed by atoms with Crippen LogP contribution in [0.25, 0.3) is 0 Å². The highest BCUT2D eigenvalue weighted by atomic mass is 79.9. The van der Waals surface area contributed by atoms with Gasteiger partial charge < -0.3 is 16.2 Å². The van der Waals surface area contributed by atoms with E-state index >= 15 is 0 Å². The lowest BCUT2D eigenvalue weighted by atomic mass is 10.2. The number of carbonyl (C=O) groups excluding carboxylic acids is 1. The van der Waals surface area contributed by atoms with Crippen LogP contribution in [0.15, 0.2) is 16.7 Å². The second-order valence-electron chi connectivity index (χ2n) is 2.67. The predicted molar refractivity (Wildman–Crippen MR) is 56.6 cm³/mol. The van der Waals surface area contributed by atoms with Gasteiger partial charge in [0.1, 0.15) is 11.4 Å². The first kappa shape index (κ1) is 11.4. The molecular weight excluding hydrogens is 266 g/mol. The van der Waals surface area contributed by atoms with Crippen molar-refractivity contribution in [1.29, 1.82) is 0 Å². The minimum Gasteiger partial charge on any atom is -0.478 e. The molecule has 1 heterocycles. The number of carboxylic acids is 1. The number of nitrogens with two attached hydrogens (primary N) is 1. The number of hydrogen-bond acceptors (Lipinski definition) is 4. The number of carboxylic acid groups (broad SMARTS) is 1. The number of halogens is 1. The average molecular weight is 274 g/mol. The minimum absolute atomic E-state index is 0.0226. The van der Waals surface area contributed by atoms with Crippen molar-refractivity contribution >= 4 is 33.6 Å². The summed E-state index contributed by atoms with van der Waals surface area (Å²) in [5, 5.41) is 11.4. The number of pyridine rings is 1. The van der Waals surface area contributed by atoms with Crippen molar-refractivity contribution in [2.24, 2.45) is 5.73 Å². The summed E-state index contributed by atoms with van der Waals surface area (Å²) in [6.07, 6.45) is 1.43. The van der Waals surface area contributed by atoms with Gasteiger partial charge >= 0.3 is 5.97 Å². The lowest BCUT2D eigenvalue weighted by molar-refractivity contribution is -0.116. The number of carbonyl (C=O) groups is 2. The van der Waals surface area contributed by atoms with Crippen LogP contribution < -0.4 is 11.1 Å². The zero-order chi connectivity index (χ0) is 11.4. The van der Waals surface area contributed by atoms with Crippen LogP contribution in [0, 0.1) is 0 Å². The average Bonchev–Trinajstić information content (AvgIpc) is 2.15. The zero-order valence-electron chi connectivity index (χ0n) is 7.53. The van der Waals surface area contributed by atoms with Crippen LogP contribution in [0.4, 0.5) is 5.82 Å². The zero-order valence-corrected chi connectivity index (χ0v) is 9.11. The third-order valence-electron chi connectivity index (χ3n) is 1.51. The second kappa shape index (κ2) is 4.74. The lowest BCUT2D eigenvalue weighted by Gasteiger charge is -2.06. The Morgan fingerprint density at radius 1 is 1.60 bits per heavy atom. The number of nitrogens with zero attached hydrogens (tertiary/aromatic N) is 1. The fraction of sp³-hybridized carbons (Fsp3) is 0.125. The monoisotopic (exact) mass is 273 g/mol. The van der Waals surface area contributed by atoms with Crippen LogP contribution >= 0.6 is 15.9 Å². The molecule has 6 nitrogen and oxygen atoms in total. The summed E-state index contributed by atoms with van der Waals surface area (Å²) in [5.74, 6) is -1.60. The molecule has 0 aliphatic carbocycles. The summed E-state index contributed by atoms with van der Waals surface area (Å²) >= 11 is 3.10. The molecule has 1 amide bonds. The van der Waals surface area contributed by atoms with Crippen molar-refractivity contribution in [3.8, 4) is 0 Å². The third kappa shape index (κ3) is 3.21. The summed E-state index contributed by atoms with van der Waals surface area (Å²) in [6.45, 7) is -0.158. The number of rotatable bonds is 4. The van der Waals surface area contributed by atoms with Gasteiger partial charge in [0, 0.05) is 10.7 Å². The highest BCUT2D eigenvalue weighted by molar-refractivity contribution is 9.10. The second-order valence-corrected chi connectivity index (χ2v) is 3.59. The molecule has 0 fully saturated rings. The van der Waals surface area contributed by atoms with E-state index in [1.54, 1.807) is 0 Å². The van der Waals surface area contributed by atoms with Gasteiger partial charge in [0.25, 0.3) is 0 Å². The SMILES string of the molecule is NC(=O)CNc1ncc(Br)cc1C(=O)O. The molecule has 0 aromatic carbocycles. The highest BCUT2D eigenvalue weighted by Gasteiger charge is 2.12. The van der Waals surface area contributed by atoms with Crippen molar-refractivity contribution < 1.29 is 14.7 Å². The fourth-order valence-electron chi connectivity index (χ4n) is 0.914. The first-order valence-electron chi connectivity index (χ1n) is 3.91. The van der Waals surface area contributed by atoms with E-state index < -0.39 is 11.9 Å². The summed E-state index contributed by atoms with van der Waals surface area (Å²) in [4.78, 5) is 25.1. The molecule has 1 aromatic heterocycles. The molecule has 0 radical (unpaired) electrons. The number of amides is 1. The number of aromatic carboxylic acids is 1. The molecule has 1 rings (SSSR count). The topological polar surface area (TPSA) is 105 Å². The van der Waals surface area contributed by atoms with E-state index in [9.17, 15) is 9.59 Å². The third-order valence-corrected chi connectivity index (χ3v) is 1.95. The molecule has 15 heavy (non-hydrogen) atoms. The number of hydrogen-bond donors (Lipinski definition) is 3. The number of primary amides is 1. The van der Waals surface area contributed by atoms with E-state index in [0.717, 1.165) is 0 Å². The van der Waals surface area contributed by atoms with Gasteiger partial charge in [0.05, 0.1) is 6.54 Å². The van der Waals surface area contributed by atoms with Crippen LogP contribution in [0.5, 0.6) is 0 Å². The standard InChI is InChI=1S/C8H8BrN3O3/c9-4-1-5(8(14)15)7(11-2-4)12-3-6(10)13/h1-2H,3H2,(H2,10,13)(H,11,12)(H,14,15). The van der Waals surface area contributed by atoms with Gasteiger partial charge in [-0.05, 0) is 22.0 Å². The first-order valence-corrected chi connectivity index (χ1v) is 4.71. The molecule has 0 aliphatic heterocycles. The Labute approximate surface area is 93.6 Å². The van der Waals surface area contributed by atoms with Crippen molar-refractivity contribution in [3.05, 3.63) is 22.3 Å². The molecular formula is C8H8BrN3O3. The van der Waals surface area contributed by atoms with Gasteiger partial charge in [0.2, 0.25) is 5.91 Å². The molecule has 7 heteroatoms. The molecule has 4 N–H and O–H groups in total. The van der Waals surface area contributed by atoms with Gasteiger partial charge in [-0.1, -0.05) is 0 Å². The van der Waals surface area contributed by atoms with Crippen molar-refractivity contribution in [2.75, 3.05) is 11.9 Å². The van der Waals surface area contributed by atoms with E-state index in [-0.39, 0.29) is 17.9 Å². The van der Waals surface area contributed by atoms with Crippen LogP contribution in [0.3, 0.4) is 0 Å². The van der Waals surface area contributed by atoms with Crippen LogP contribution in [-0.4, -0.2) is 28.5 Å². The summed E-state index contributed by atoms with van der Waals surface area (Å²) in [6, 6.07) is 1.39. The van der Waals surface area contributed by atoms with E-state index in [0.29, 0.717) is 4.47 Å². The minimum atomic E-state index is -1.13. The fourth-order valence-corrected chi connectivity index (χ4v) is 1.25. The van der Waals surface area contributed by atoms with Gasteiger partial charge in [-0.3, -0.25) is 4.79 Å². The van der Waals surface area contributed by atoms with Crippen molar-refractivity contribution in [3.63, 3.8) is 0 Å². The number of nitrogens with one attached hydrogen (secondary N) is 1.